The molecule has 0 aliphatic rings. The number of nitrogens with one attached hydrogen (secondary N) is 1. The molecule has 1 atom stereocenters. The average Bonchev–Trinajstić information content (AvgIpc) is 3.04. The van der Waals surface area contributed by atoms with Crippen LogP contribution in [0.25, 0.3) is 0 Å². The zero-order chi connectivity index (χ0) is 13.0. The van der Waals surface area contributed by atoms with Crippen LogP contribution in [0.4, 0.5) is 0 Å². The Morgan fingerprint density at radius 1 is 1.33 bits per heavy atom. The summed E-state index contributed by atoms with van der Waals surface area (Å²) in [6.45, 7) is 5.07. The Bertz CT molecular complexity index is 489. The fraction of sp³-hybridized carbons (Fsp3) is 0.429. The fourth-order valence-corrected chi connectivity index (χ4v) is 2.90. The van der Waals surface area contributed by atoms with E-state index < -0.39 is 0 Å². The zero-order valence-corrected chi connectivity index (χ0v) is 11.8. The molecule has 0 fully saturated rings. The third kappa shape index (κ3) is 2.60. The van der Waals surface area contributed by atoms with E-state index in [0.29, 0.717) is 0 Å². The summed E-state index contributed by atoms with van der Waals surface area (Å²) >= 11 is 1.69. The molecular weight excluding hydrogens is 246 g/mol. The van der Waals surface area contributed by atoms with Crippen LogP contribution in [0, 0.1) is 0 Å². The summed E-state index contributed by atoms with van der Waals surface area (Å²) in [5.41, 5.74) is 0. The van der Waals surface area contributed by atoms with Gasteiger partial charge in [0.25, 0.3) is 0 Å². The lowest BCUT2D eigenvalue weighted by Gasteiger charge is -2.15. The van der Waals surface area contributed by atoms with E-state index in [9.17, 15) is 0 Å². The lowest BCUT2D eigenvalue weighted by molar-refractivity contribution is 0.393. The van der Waals surface area contributed by atoms with Crippen LogP contribution < -0.4 is 10.1 Å². The van der Waals surface area contributed by atoms with E-state index in [1.54, 1.807) is 18.4 Å². The molecule has 0 aliphatic carbocycles. The minimum Gasteiger partial charge on any atom is -0.496 e. The summed E-state index contributed by atoms with van der Waals surface area (Å²) in [6, 6.07) is 6.16. The molecule has 2 rings (SSSR count). The molecule has 0 amide bonds. The van der Waals surface area contributed by atoms with Crippen molar-refractivity contribution in [3.8, 4) is 5.75 Å². The summed E-state index contributed by atoms with van der Waals surface area (Å²) in [5, 5.41) is 5.49. The fourth-order valence-electron chi connectivity index (χ4n) is 1.95. The van der Waals surface area contributed by atoms with Gasteiger partial charge in [0.1, 0.15) is 23.3 Å². The average molecular weight is 265 g/mol. The van der Waals surface area contributed by atoms with Crippen molar-refractivity contribution in [1.82, 2.24) is 5.32 Å². The number of thiophene rings is 1. The molecule has 0 aliphatic heterocycles. The maximum Gasteiger partial charge on any atom is 0.134 e. The van der Waals surface area contributed by atoms with E-state index in [2.05, 4.69) is 19.2 Å². The van der Waals surface area contributed by atoms with E-state index in [0.717, 1.165) is 35.1 Å². The molecule has 2 aromatic heterocycles. The minimum atomic E-state index is 0.0743. The molecule has 98 valence electrons. The summed E-state index contributed by atoms with van der Waals surface area (Å²) < 4.78 is 11.3. The quantitative estimate of drug-likeness (QED) is 0.866. The predicted molar refractivity (Wildman–Crippen MR) is 74.5 cm³/mol. The first-order valence-electron chi connectivity index (χ1n) is 6.23. The summed E-state index contributed by atoms with van der Waals surface area (Å²) in [7, 11) is 1.70. The molecule has 3 nitrogen and oxygen atoms in total. The van der Waals surface area contributed by atoms with Crippen LogP contribution in [0.2, 0.25) is 0 Å². The molecule has 0 saturated carbocycles. The largest absolute Gasteiger partial charge is 0.496 e. The van der Waals surface area contributed by atoms with Crippen molar-refractivity contribution in [3.63, 3.8) is 0 Å². The van der Waals surface area contributed by atoms with Crippen molar-refractivity contribution in [2.24, 2.45) is 0 Å². The zero-order valence-electron chi connectivity index (χ0n) is 11.0. The van der Waals surface area contributed by atoms with Crippen molar-refractivity contribution in [2.45, 2.75) is 26.3 Å². The van der Waals surface area contributed by atoms with Crippen molar-refractivity contribution in [3.05, 3.63) is 40.0 Å². The molecule has 1 N–H and O–H groups in total. The van der Waals surface area contributed by atoms with Gasteiger partial charge in [-0.3, -0.25) is 0 Å². The van der Waals surface area contributed by atoms with Crippen molar-refractivity contribution in [2.75, 3.05) is 13.7 Å². The number of hydrogen-bond donors (Lipinski definition) is 1. The van der Waals surface area contributed by atoms with E-state index >= 15 is 0 Å². The highest BCUT2D eigenvalue weighted by Crippen LogP contribution is 2.35. The number of hydrogen-bond acceptors (Lipinski definition) is 4. The van der Waals surface area contributed by atoms with Gasteiger partial charge in [-0.1, -0.05) is 13.8 Å². The van der Waals surface area contributed by atoms with Crippen LogP contribution >= 0.6 is 11.3 Å². The number of ether oxygens (including phenoxy) is 1. The third-order valence-corrected chi connectivity index (χ3v) is 3.83. The number of rotatable bonds is 6. The van der Waals surface area contributed by atoms with Gasteiger partial charge in [-0.2, -0.15) is 0 Å². The third-order valence-electron chi connectivity index (χ3n) is 2.86. The van der Waals surface area contributed by atoms with Gasteiger partial charge < -0.3 is 14.5 Å². The van der Waals surface area contributed by atoms with Crippen LogP contribution in [-0.4, -0.2) is 13.7 Å². The highest BCUT2D eigenvalue weighted by molar-refractivity contribution is 7.10. The van der Waals surface area contributed by atoms with Gasteiger partial charge in [-0.25, -0.2) is 0 Å². The monoisotopic (exact) mass is 265 g/mol. The number of furan rings is 1. The van der Waals surface area contributed by atoms with Crippen molar-refractivity contribution < 1.29 is 9.15 Å². The lowest BCUT2D eigenvalue weighted by atomic mass is 10.1. The summed E-state index contributed by atoms with van der Waals surface area (Å²) in [6.07, 6.45) is 0.917. The van der Waals surface area contributed by atoms with Crippen LogP contribution in [0.1, 0.15) is 36.3 Å². The van der Waals surface area contributed by atoms with E-state index in [1.165, 1.54) is 0 Å². The SMILES string of the molecule is CCNC(c1ccc(CC)o1)c1sccc1OC. The Balaban J connectivity index is 2.33. The predicted octanol–water partition coefficient (Wildman–Crippen LogP) is 3.61. The Morgan fingerprint density at radius 2 is 2.17 bits per heavy atom. The molecule has 18 heavy (non-hydrogen) atoms. The maximum atomic E-state index is 5.86. The van der Waals surface area contributed by atoms with E-state index in [-0.39, 0.29) is 6.04 Å². The number of methoxy groups -OCH3 is 1. The van der Waals surface area contributed by atoms with Gasteiger partial charge in [0.2, 0.25) is 0 Å². The normalized spacial score (nSPS) is 12.6. The van der Waals surface area contributed by atoms with Crippen LogP contribution in [0.15, 0.2) is 28.0 Å². The topological polar surface area (TPSA) is 34.4 Å². The Hall–Kier alpha value is -1.26. The minimum absolute atomic E-state index is 0.0743. The van der Waals surface area contributed by atoms with Gasteiger partial charge in [0.15, 0.2) is 0 Å². The lowest BCUT2D eigenvalue weighted by Crippen LogP contribution is -2.21. The van der Waals surface area contributed by atoms with Gasteiger partial charge >= 0.3 is 0 Å². The Morgan fingerprint density at radius 3 is 2.78 bits per heavy atom. The molecule has 0 saturated heterocycles. The Kier molecular flexibility index (Phi) is 4.44. The highest BCUT2D eigenvalue weighted by atomic mass is 32.1. The molecule has 0 radical (unpaired) electrons. The molecule has 0 spiro atoms. The molecule has 4 heteroatoms. The molecule has 0 aromatic carbocycles. The van der Waals surface area contributed by atoms with Crippen molar-refractivity contribution in [1.29, 1.82) is 0 Å². The molecule has 0 bridgehead atoms. The first kappa shape index (κ1) is 13.2. The second-order valence-corrected chi connectivity index (χ2v) is 4.95. The van der Waals surface area contributed by atoms with Crippen LogP contribution in [0.3, 0.4) is 0 Å². The maximum absolute atomic E-state index is 5.86. The standard InChI is InChI=1S/C14H19NO2S/c1-4-10-6-7-11(17-10)13(15-5-2)14-12(16-3)8-9-18-14/h6-9,13,15H,4-5H2,1-3H3. The van der Waals surface area contributed by atoms with Gasteiger partial charge in [-0.05, 0) is 30.1 Å². The van der Waals surface area contributed by atoms with E-state index in [1.807, 2.05) is 23.6 Å². The molecule has 1 unspecified atom stereocenters. The summed E-state index contributed by atoms with van der Waals surface area (Å²) in [5.74, 6) is 2.89. The molecular formula is C14H19NO2S. The first-order chi connectivity index (χ1) is 8.80. The van der Waals surface area contributed by atoms with Gasteiger partial charge in [0, 0.05) is 6.42 Å². The van der Waals surface area contributed by atoms with Crippen LogP contribution in [0.5, 0.6) is 5.75 Å². The Labute approximate surface area is 112 Å². The molecule has 2 heterocycles. The highest BCUT2D eigenvalue weighted by Gasteiger charge is 2.21. The van der Waals surface area contributed by atoms with Gasteiger partial charge in [0.05, 0.1) is 12.0 Å². The smallest absolute Gasteiger partial charge is 0.134 e. The summed E-state index contributed by atoms with van der Waals surface area (Å²) in [4.78, 5) is 1.16. The van der Waals surface area contributed by atoms with Crippen LogP contribution in [-0.2, 0) is 6.42 Å². The first-order valence-corrected chi connectivity index (χ1v) is 7.11. The van der Waals surface area contributed by atoms with Crippen molar-refractivity contribution >= 4 is 11.3 Å². The number of aryl methyl sites for hydroxylation is 1. The second-order valence-electron chi connectivity index (χ2n) is 4.00. The molecule has 2 aromatic rings. The van der Waals surface area contributed by atoms with Gasteiger partial charge in [-0.15, -0.1) is 11.3 Å². The van der Waals surface area contributed by atoms with E-state index in [4.69, 9.17) is 9.15 Å². The second kappa shape index (κ2) is 6.07.